The van der Waals surface area contributed by atoms with Gasteiger partial charge in [0.25, 0.3) is 0 Å². The van der Waals surface area contributed by atoms with Crippen molar-refractivity contribution in [3.8, 4) is 11.4 Å². The summed E-state index contributed by atoms with van der Waals surface area (Å²) in [6.45, 7) is 15.9. The molecule has 0 aliphatic heterocycles. The van der Waals surface area contributed by atoms with Crippen molar-refractivity contribution in [3.63, 3.8) is 0 Å². The Labute approximate surface area is 196 Å². The maximum atomic E-state index is 11.7. The molecule has 2 aromatic heterocycles. The molecule has 5 aromatic rings. The third-order valence-corrected chi connectivity index (χ3v) is 7.05. The molecule has 0 saturated carbocycles. The lowest BCUT2D eigenvalue weighted by molar-refractivity contribution is 0.283. The molecule has 0 spiro atoms. The maximum absolute atomic E-state index is 11.7. The first-order valence-corrected chi connectivity index (χ1v) is 11.8. The van der Waals surface area contributed by atoms with Crippen LogP contribution in [0.25, 0.3) is 16.7 Å². The number of aromatic hydroxyl groups is 1. The van der Waals surface area contributed by atoms with Crippen molar-refractivity contribution in [2.45, 2.75) is 65.7 Å². The van der Waals surface area contributed by atoms with E-state index in [9.17, 15) is 5.11 Å². The van der Waals surface area contributed by atoms with E-state index in [2.05, 4.69) is 123 Å². The zero-order valence-electron chi connectivity index (χ0n) is 20.8. The zero-order chi connectivity index (χ0) is 23.8. The van der Waals surface area contributed by atoms with Crippen LogP contribution in [0.5, 0.6) is 5.75 Å². The molecule has 5 rings (SSSR count). The van der Waals surface area contributed by atoms with Gasteiger partial charge in [-0.25, -0.2) is 0 Å². The molecule has 3 aromatic carbocycles. The van der Waals surface area contributed by atoms with Gasteiger partial charge in [0.05, 0.1) is 0 Å². The number of hydrogen-bond donors (Lipinski definition) is 1. The van der Waals surface area contributed by atoms with Gasteiger partial charge in [0.1, 0.15) is 22.5 Å². The largest absolute Gasteiger partial charge is 0.505 e. The summed E-state index contributed by atoms with van der Waals surface area (Å²) < 4.78 is 4.23. The third kappa shape index (κ3) is 3.43. The smallest absolute Gasteiger partial charge is 0.147 e. The standard InChI is InChI=1S/C29H35N3O/c1-27(2,3)19-28(4,5)21-17-22(29(6,7)20-13-9-8-10-14-20)26(33)25(18-21)32-30-23-15-11-12-16-24(23)31(30)32/h8-18,33H,19H2,1-7H3. The van der Waals surface area contributed by atoms with Crippen molar-refractivity contribution < 1.29 is 5.11 Å². The van der Waals surface area contributed by atoms with Crippen LogP contribution in [-0.4, -0.2) is 19.2 Å². The van der Waals surface area contributed by atoms with E-state index in [1.165, 1.54) is 22.2 Å². The van der Waals surface area contributed by atoms with Gasteiger partial charge in [-0.1, -0.05) is 97.0 Å². The minimum Gasteiger partial charge on any atom is -0.505 e. The van der Waals surface area contributed by atoms with Gasteiger partial charge in [-0.2, -0.15) is 0 Å². The summed E-state index contributed by atoms with van der Waals surface area (Å²) in [5, 5.41) is 11.7. The Bertz CT molecular complexity index is 1380. The van der Waals surface area contributed by atoms with Crippen LogP contribution in [0.3, 0.4) is 0 Å². The van der Waals surface area contributed by atoms with Gasteiger partial charge >= 0.3 is 0 Å². The Morgan fingerprint density at radius 3 is 1.79 bits per heavy atom. The van der Waals surface area contributed by atoms with Crippen molar-refractivity contribution in [1.82, 2.24) is 14.1 Å². The molecule has 0 fully saturated rings. The van der Waals surface area contributed by atoms with E-state index in [1.807, 2.05) is 6.07 Å². The van der Waals surface area contributed by atoms with Gasteiger partial charge in [-0.15, -0.1) is 14.1 Å². The summed E-state index contributed by atoms with van der Waals surface area (Å²) in [6, 6.07) is 23.2. The average Bonchev–Trinajstić information content (AvgIpc) is 3.39. The van der Waals surface area contributed by atoms with Crippen LogP contribution < -0.4 is 0 Å². The fourth-order valence-electron chi connectivity index (χ4n) is 5.57. The molecule has 4 heteroatoms. The number of para-hydroxylation sites is 2. The number of hydrogen-bond acceptors (Lipinski definition) is 1. The summed E-state index contributed by atoms with van der Waals surface area (Å²) in [5.74, 6) is 0.347. The van der Waals surface area contributed by atoms with Gasteiger partial charge in [-0.3, -0.25) is 0 Å². The van der Waals surface area contributed by atoms with Gasteiger partial charge < -0.3 is 5.11 Å². The van der Waals surface area contributed by atoms with Gasteiger partial charge in [0.15, 0.2) is 0 Å². The predicted octanol–water partition coefficient (Wildman–Crippen LogP) is 7.17. The van der Waals surface area contributed by atoms with Crippen LogP contribution in [0.1, 0.15) is 71.6 Å². The van der Waals surface area contributed by atoms with Gasteiger partial charge in [-0.05, 0) is 46.6 Å². The lowest BCUT2D eigenvalue weighted by atomic mass is 9.70. The summed E-state index contributed by atoms with van der Waals surface area (Å²) in [6.07, 6.45) is 1.04. The first-order valence-electron chi connectivity index (χ1n) is 11.8. The monoisotopic (exact) mass is 441 g/mol. The van der Waals surface area contributed by atoms with E-state index in [1.54, 1.807) is 0 Å². The van der Waals surface area contributed by atoms with E-state index >= 15 is 0 Å². The van der Waals surface area contributed by atoms with Crippen molar-refractivity contribution >= 4 is 11.0 Å². The van der Waals surface area contributed by atoms with E-state index in [0.29, 0.717) is 5.75 Å². The second-order valence-corrected chi connectivity index (χ2v) is 11.9. The fraction of sp³-hybridized carbons (Fsp3) is 0.379. The minimum atomic E-state index is -0.347. The van der Waals surface area contributed by atoms with Crippen LogP contribution >= 0.6 is 0 Å². The topological polar surface area (TPSA) is 34.0 Å². The maximum Gasteiger partial charge on any atom is 0.147 e. The Morgan fingerprint density at radius 2 is 1.24 bits per heavy atom. The van der Waals surface area contributed by atoms with Crippen molar-refractivity contribution in [2.24, 2.45) is 5.41 Å². The fourth-order valence-corrected chi connectivity index (χ4v) is 5.57. The number of benzene rings is 3. The lowest BCUT2D eigenvalue weighted by Crippen LogP contribution is -2.27. The molecule has 0 amide bonds. The number of phenols is 1. The summed E-state index contributed by atoms with van der Waals surface area (Å²) in [4.78, 5) is 2.08. The zero-order valence-corrected chi connectivity index (χ0v) is 20.8. The molecule has 2 heterocycles. The number of fused-ring (bicyclic) bond motifs is 4. The van der Waals surface area contributed by atoms with Crippen molar-refractivity contribution in [1.29, 1.82) is 0 Å². The molecule has 33 heavy (non-hydrogen) atoms. The van der Waals surface area contributed by atoms with E-state index in [4.69, 9.17) is 0 Å². The first kappa shape index (κ1) is 21.7. The third-order valence-electron chi connectivity index (χ3n) is 7.05. The summed E-state index contributed by atoms with van der Waals surface area (Å²) in [5.41, 5.74) is 6.37. The highest BCUT2D eigenvalue weighted by Crippen LogP contribution is 2.45. The molecule has 0 aliphatic rings. The van der Waals surface area contributed by atoms with Crippen molar-refractivity contribution in [3.05, 3.63) is 83.4 Å². The molecule has 0 unspecified atom stereocenters. The number of nitrogens with zero attached hydrogens (tertiary/aromatic N) is 3. The Kier molecular flexibility index (Phi) is 4.55. The average molecular weight is 442 g/mol. The Balaban J connectivity index is 1.74. The summed E-state index contributed by atoms with van der Waals surface area (Å²) >= 11 is 0. The van der Waals surface area contributed by atoms with Gasteiger partial charge in [0, 0.05) is 11.0 Å². The molecule has 172 valence electrons. The predicted molar refractivity (Wildman–Crippen MR) is 136 cm³/mol. The quantitative estimate of drug-likeness (QED) is 0.308. The van der Waals surface area contributed by atoms with Crippen LogP contribution in [0.4, 0.5) is 0 Å². The lowest BCUT2D eigenvalue weighted by Gasteiger charge is -2.35. The number of aromatic nitrogens is 3. The highest BCUT2D eigenvalue weighted by atomic mass is 16.3. The number of phenolic OH excluding ortho intramolecular Hbond substituents is 1. The van der Waals surface area contributed by atoms with Crippen LogP contribution in [-0.2, 0) is 10.8 Å². The Hall–Kier alpha value is -3.14. The molecule has 0 bridgehead atoms. The normalized spacial score (nSPS) is 13.5. The van der Waals surface area contributed by atoms with E-state index < -0.39 is 0 Å². The van der Waals surface area contributed by atoms with Gasteiger partial charge in [0.2, 0.25) is 0 Å². The highest BCUT2D eigenvalue weighted by molar-refractivity contribution is 5.79. The minimum absolute atomic E-state index is 0.0468. The van der Waals surface area contributed by atoms with E-state index in [0.717, 1.165) is 17.7 Å². The second kappa shape index (κ2) is 6.93. The van der Waals surface area contributed by atoms with Crippen LogP contribution in [0, 0.1) is 5.41 Å². The molecule has 0 atom stereocenters. The number of rotatable bonds is 5. The van der Waals surface area contributed by atoms with Crippen LogP contribution in [0.15, 0.2) is 66.7 Å². The molecule has 0 aliphatic carbocycles. The van der Waals surface area contributed by atoms with E-state index in [-0.39, 0.29) is 16.2 Å². The molecular weight excluding hydrogens is 406 g/mol. The molecular formula is C29H35N3O. The molecule has 4 nitrogen and oxygen atoms in total. The Morgan fingerprint density at radius 1 is 0.697 bits per heavy atom. The molecule has 0 radical (unpaired) electrons. The SMILES string of the molecule is CC(C)(C)CC(C)(C)c1cc(-n2n3c4ccccc4n23)c(O)c(C(C)(C)c2ccccc2)c1. The highest BCUT2D eigenvalue weighted by Gasteiger charge is 2.35. The summed E-state index contributed by atoms with van der Waals surface area (Å²) in [7, 11) is 0. The second-order valence-electron chi connectivity index (χ2n) is 11.9. The molecule has 1 N–H and O–H groups in total. The van der Waals surface area contributed by atoms with Crippen LogP contribution in [0.2, 0.25) is 0 Å². The first-order chi connectivity index (χ1) is 15.4. The van der Waals surface area contributed by atoms with Crippen molar-refractivity contribution in [2.75, 3.05) is 0 Å². The molecule has 0 saturated heterocycles.